The minimum Gasteiger partial charge on any atom is -0.748 e. The van der Waals surface area contributed by atoms with E-state index in [1.165, 1.54) is 26.2 Å². The second-order valence-electron chi connectivity index (χ2n) is 4.20. The zero-order chi connectivity index (χ0) is 18.6. The van der Waals surface area contributed by atoms with Crippen LogP contribution in [0.3, 0.4) is 0 Å². The van der Waals surface area contributed by atoms with Crippen LogP contribution in [0, 0.1) is 5.92 Å². The van der Waals surface area contributed by atoms with Crippen molar-refractivity contribution in [3.05, 3.63) is 10.0 Å². The van der Waals surface area contributed by atoms with E-state index in [2.05, 4.69) is 24.9 Å². The Labute approximate surface area is 135 Å². The van der Waals surface area contributed by atoms with Gasteiger partial charge in [-0.3, -0.25) is 0 Å². The molecule has 8 nitrogen and oxygen atoms in total. The average Bonchev–Trinajstić information content (AvgIpc) is 2.27. The monoisotopic (exact) mass is 380 g/mol. The Morgan fingerprint density at radius 2 is 1.00 bits per heavy atom. The summed E-state index contributed by atoms with van der Waals surface area (Å²) < 4.78 is 71.2. The Hall–Kier alpha value is -0.230. The van der Waals surface area contributed by atoms with Gasteiger partial charge < -0.3 is 14.6 Å². The number of nitrogens with zero attached hydrogens (tertiary/aromatic N) is 1. The van der Waals surface area contributed by atoms with E-state index in [1.807, 2.05) is 0 Å². The van der Waals surface area contributed by atoms with Crippen LogP contribution >= 0.6 is 0 Å². The van der Waals surface area contributed by atoms with Crippen molar-refractivity contribution < 1.29 is 29.8 Å². The molecule has 0 heterocycles. The number of hydrogen-bond acceptors (Lipinski definition) is 7. The molecule has 0 saturated carbocycles. The van der Waals surface area contributed by atoms with Crippen molar-refractivity contribution in [1.82, 2.24) is 0 Å². The lowest BCUT2D eigenvalue weighted by Gasteiger charge is -2.22. The Balaban J connectivity index is -0.000000252. The Kier molecular flexibility index (Phi) is 14.8. The molecule has 0 aliphatic heterocycles. The minimum absolute atomic E-state index is 0.312. The zero-order valence-electron chi connectivity index (χ0n) is 13.9. The van der Waals surface area contributed by atoms with E-state index in [9.17, 15) is 29.8 Å². The van der Waals surface area contributed by atoms with Gasteiger partial charge in [0.25, 0.3) is 0 Å². The first kappa shape index (κ1) is 26.7. The van der Waals surface area contributed by atoms with Gasteiger partial charge in [-0.2, -0.15) is 19.3 Å². The van der Waals surface area contributed by atoms with Gasteiger partial charge in [-0.1, -0.05) is 27.7 Å². The average molecular weight is 381 g/mol. The fourth-order valence-electron chi connectivity index (χ4n) is 0.996. The third-order valence-corrected chi connectivity index (χ3v) is 5.00. The lowest BCUT2D eigenvalue weighted by Crippen LogP contribution is -2.01. The highest BCUT2D eigenvalue weighted by Crippen LogP contribution is 2.12. The molecule has 0 aliphatic rings. The molecule has 0 N–H and O–H groups in total. The van der Waals surface area contributed by atoms with Crippen LogP contribution in [-0.4, -0.2) is 48.1 Å². The largest absolute Gasteiger partial charge is 0.748 e. The van der Waals surface area contributed by atoms with Crippen LogP contribution in [0.2, 0.25) is 0 Å². The molecule has 0 rings (SSSR count). The van der Waals surface area contributed by atoms with Crippen molar-refractivity contribution in [3.63, 3.8) is 0 Å². The standard InChI is InChI=1S/C7H15.C2H6NO4S2.C2H6O3S/c1-4-7(5-2)6-3;1-8(4,5)3-9(2,6)7;1-2-6(3,4)5/h4-6H2,1-3H3;1-2H3;2H2,1H3,(H,3,4,5)/q2*-1;/p-1. The van der Waals surface area contributed by atoms with Crippen LogP contribution in [0.5, 0.6) is 0 Å². The van der Waals surface area contributed by atoms with Crippen molar-refractivity contribution in [2.24, 2.45) is 0 Å². The van der Waals surface area contributed by atoms with Gasteiger partial charge in [0.2, 0.25) is 0 Å². The summed E-state index contributed by atoms with van der Waals surface area (Å²) in [4.78, 5) is 0. The Morgan fingerprint density at radius 1 is 0.773 bits per heavy atom. The van der Waals surface area contributed by atoms with Gasteiger partial charge in [0.05, 0.1) is 30.2 Å². The van der Waals surface area contributed by atoms with Crippen LogP contribution < -0.4 is 0 Å². The van der Waals surface area contributed by atoms with Crippen LogP contribution in [0.4, 0.5) is 0 Å². The topological polar surface area (TPSA) is 140 Å². The molecule has 0 aromatic rings. The Morgan fingerprint density at radius 3 is 1.00 bits per heavy atom. The smallest absolute Gasteiger partial charge is 0.0943 e. The molecule has 0 fully saturated rings. The molecule has 0 unspecified atom stereocenters. The summed E-state index contributed by atoms with van der Waals surface area (Å²) >= 11 is 0. The fourth-order valence-corrected chi connectivity index (χ4v) is 2.96. The van der Waals surface area contributed by atoms with Gasteiger partial charge >= 0.3 is 0 Å². The zero-order valence-corrected chi connectivity index (χ0v) is 16.3. The summed E-state index contributed by atoms with van der Waals surface area (Å²) in [6.45, 7) is 7.98. The summed E-state index contributed by atoms with van der Waals surface area (Å²) in [6, 6.07) is 0. The highest BCUT2D eigenvalue weighted by molar-refractivity contribution is 8.11. The first-order valence-corrected chi connectivity index (χ1v) is 11.8. The van der Waals surface area contributed by atoms with E-state index < -0.39 is 30.2 Å². The second-order valence-corrected chi connectivity index (χ2v) is 9.42. The molecule has 0 aromatic heterocycles. The Bertz CT molecular complexity index is 525. The van der Waals surface area contributed by atoms with Crippen molar-refractivity contribution in [2.75, 3.05) is 18.3 Å². The van der Waals surface area contributed by atoms with Crippen molar-refractivity contribution in [3.8, 4) is 0 Å². The predicted octanol–water partition coefficient (Wildman–Crippen LogP) is 1.62. The maximum atomic E-state index is 10.1. The van der Waals surface area contributed by atoms with Gasteiger partial charge in [0.15, 0.2) is 0 Å². The molecule has 0 spiro atoms. The van der Waals surface area contributed by atoms with E-state index in [4.69, 9.17) is 0 Å². The third kappa shape index (κ3) is 31.9. The first-order chi connectivity index (χ1) is 9.61. The molecule has 0 aliphatic carbocycles. The molecule has 0 radical (unpaired) electrons. The number of sulfonamides is 2. The number of hydrogen-bond donors (Lipinski definition) is 0. The number of rotatable bonds is 6. The van der Waals surface area contributed by atoms with E-state index in [0.717, 1.165) is 0 Å². The highest BCUT2D eigenvalue weighted by Gasteiger charge is 1.92. The summed E-state index contributed by atoms with van der Waals surface area (Å²) in [7, 11) is -11.4. The van der Waals surface area contributed by atoms with Crippen LogP contribution in [0.15, 0.2) is 0 Å². The van der Waals surface area contributed by atoms with Crippen molar-refractivity contribution in [2.45, 2.75) is 47.0 Å². The SMILES string of the molecule is CCS(=O)(=O)[O-].CC[C-](CC)CC.CS(=O)(=O)[N-]S(C)(=O)=O. The minimum atomic E-state index is -3.91. The second kappa shape index (κ2) is 12.2. The maximum absolute atomic E-state index is 10.1. The summed E-state index contributed by atoms with van der Waals surface area (Å²) in [6.07, 6.45) is 5.25. The van der Waals surface area contributed by atoms with Gasteiger partial charge in [-0.25, -0.2) is 25.3 Å². The summed E-state index contributed by atoms with van der Waals surface area (Å²) in [5, 5.41) is 0. The van der Waals surface area contributed by atoms with Gasteiger partial charge in [0.1, 0.15) is 0 Å². The lowest BCUT2D eigenvalue weighted by molar-refractivity contribution is 0.464. The summed E-state index contributed by atoms with van der Waals surface area (Å²) in [5.74, 6) is 1.37. The van der Waals surface area contributed by atoms with Gasteiger partial charge in [-0.15, -0.1) is 0 Å². The van der Waals surface area contributed by atoms with E-state index in [1.54, 1.807) is 5.92 Å². The molecule has 11 heteroatoms. The molecule has 22 heavy (non-hydrogen) atoms. The normalized spacial score (nSPS) is 12.0. The molecule has 0 bridgehead atoms. The van der Waals surface area contributed by atoms with Crippen molar-refractivity contribution >= 4 is 30.2 Å². The third-order valence-electron chi connectivity index (χ3n) is 2.12. The quantitative estimate of drug-likeness (QED) is 0.503. The molecular formula is C11H26NO7S3-3. The first-order valence-electron chi connectivity index (χ1n) is 6.53. The predicted molar refractivity (Wildman–Crippen MR) is 87.4 cm³/mol. The van der Waals surface area contributed by atoms with Crippen LogP contribution in [0.25, 0.3) is 4.13 Å². The van der Waals surface area contributed by atoms with Crippen LogP contribution in [0.1, 0.15) is 47.0 Å². The van der Waals surface area contributed by atoms with E-state index in [-0.39, 0.29) is 5.75 Å². The lowest BCUT2D eigenvalue weighted by atomic mass is 10.0. The molecule has 0 atom stereocenters. The molecular weight excluding hydrogens is 354 g/mol. The van der Waals surface area contributed by atoms with E-state index in [0.29, 0.717) is 12.5 Å². The molecule has 0 amide bonds. The van der Waals surface area contributed by atoms with E-state index >= 15 is 0 Å². The fraction of sp³-hybridized carbons (Fsp3) is 0.909. The summed E-state index contributed by atoms with van der Waals surface area (Å²) in [5.41, 5.74) is 0. The van der Waals surface area contributed by atoms with Crippen molar-refractivity contribution in [1.29, 1.82) is 0 Å². The van der Waals surface area contributed by atoms with Crippen LogP contribution in [-0.2, 0) is 30.2 Å². The molecule has 0 aromatic carbocycles. The molecule has 0 saturated heterocycles. The maximum Gasteiger partial charge on any atom is 0.0943 e. The van der Waals surface area contributed by atoms with Gasteiger partial charge in [0, 0.05) is 18.3 Å². The molecule has 138 valence electrons. The highest BCUT2D eigenvalue weighted by atomic mass is 32.3. The van der Waals surface area contributed by atoms with Gasteiger partial charge in [-0.05, 0) is 0 Å².